The number of nitrogens with zero attached hydrogens (tertiary/aromatic N) is 4. The molecule has 0 saturated carbocycles. The highest BCUT2D eigenvalue weighted by Gasteiger charge is 2.18. The van der Waals surface area contributed by atoms with Crippen molar-refractivity contribution in [2.24, 2.45) is 0 Å². The van der Waals surface area contributed by atoms with Crippen LogP contribution < -0.4 is 9.64 Å². The summed E-state index contributed by atoms with van der Waals surface area (Å²) in [6.45, 7) is 1.74. The van der Waals surface area contributed by atoms with E-state index in [9.17, 15) is 4.39 Å². The number of halogens is 3. The summed E-state index contributed by atoms with van der Waals surface area (Å²) >= 11 is 11.8. The molecule has 0 spiro atoms. The topological polar surface area (TPSA) is 51.1 Å². The van der Waals surface area contributed by atoms with Gasteiger partial charge in [-0.1, -0.05) is 11.6 Å². The van der Waals surface area contributed by atoms with Crippen LogP contribution in [0.2, 0.25) is 10.3 Å². The van der Waals surface area contributed by atoms with Crippen LogP contribution in [-0.4, -0.2) is 28.0 Å². The van der Waals surface area contributed by atoms with Crippen molar-refractivity contribution in [3.8, 4) is 11.8 Å². The van der Waals surface area contributed by atoms with E-state index in [4.69, 9.17) is 27.9 Å². The number of hydrogen-bond acceptors (Lipinski definition) is 5. The number of anilines is 1. The molecule has 0 unspecified atom stereocenters. The van der Waals surface area contributed by atoms with Crippen LogP contribution in [0.25, 0.3) is 0 Å². The lowest BCUT2D eigenvalue weighted by molar-refractivity contribution is 0.438. The van der Waals surface area contributed by atoms with E-state index in [1.807, 2.05) is 4.90 Å². The molecule has 1 aliphatic rings. The van der Waals surface area contributed by atoms with Gasteiger partial charge < -0.3 is 9.64 Å². The Balaban J connectivity index is 1.87. The Morgan fingerprint density at radius 3 is 2.57 bits per heavy atom. The van der Waals surface area contributed by atoms with Gasteiger partial charge in [-0.2, -0.15) is 15.0 Å². The molecule has 1 aromatic carbocycles. The van der Waals surface area contributed by atoms with Gasteiger partial charge in [-0.3, -0.25) is 0 Å². The summed E-state index contributed by atoms with van der Waals surface area (Å²) in [5.74, 6) is 0.284. The van der Waals surface area contributed by atoms with Gasteiger partial charge in [0.15, 0.2) is 0 Å². The molecule has 0 atom stereocenters. The second kappa shape index (κ2) is 5.99. The molecule has 8 heteroatoms. The minimum Gasteiger partial charge on any atom is -0.423 e. The number of benzene rings is 1. The van der Waals surface area contributed by atoms with E-state index in [1.165, 1.54) is 12.1 Å². The average Bonchev–Trinajstić information content (AvgIpc) is 2.95. The summed E-state index contributed by atoms with van der Waals surface area (Å²) in [6.07, 6.45) is 2.17. The fourth-order valence-corrected chi connectivity index (χ4v) is 2.44. The molecule has 0 amide bonds. The van der Waals surface area contributed by atoms with Gasteiger partial charge in [0.2, 0.25) is 11.2 Å². The molecule has 1 aromatic heterocycles. The van der Waals surface area contributed by atoms with Crippen molar-refractivity contribution >= 4 is 29.2 Å². The maximum absolute atomic E-state index is 13.0. The Hall–Kier alpha value is -1.66. The summed E-state index contributed by atoms with van der Waals surface area (Å²) in [5.41, 5.74) is 0. The largest absolute Gasteiger partial charge is 0.423 e. The molecule has 1 fully saturated rings. The number of aromatic nitrogens is 3. The van der Waals surface area contributed by atoms with Crippen molar-refractivity contribution in [1.29, 1.82) is 0 Å². The van der Waals surface area contributed by atoms with Crippen molar-refractivity contribution in [3.05, 3.63) is 34.3 Å². The molecule has 5 nitrogen and oxygen atoms in total. The van der Waals surface area contributed by atoms with Crippen LogP contribution in [0, 0.1) is 5.82 Å². The van der Waals surface area contributed by atoms with Crippen molar-refractivity contribution < 1.29 is 9.13 Å². The van der Waals surface area contributed by atoms with Gasteiger partial charge in [-0.05, 0) is 42.6 Å². The fourth-order valence-electron chi connectivity index (χ4n) is 2.08. The second-order valence-electron chi connectivity index (χ2n) is 4.56. The van der Waals surface area contributed by atoms with Crippen LogP contribution in [0.1, 0.15) is 12.8 Å². The first kappa shape index (κ1) is 14.3. The monoisotopic (exact) mass is 328 g/mol. The van der Waals surface area contributed by atoms with E-state index in [0.717, 1.165) is 32.0 Å². The van der Waals surface area contributed by atoms with Gasteiger partial charge in [0.1, 0.15) is 11.6 Å². The van der Waals surface area contributed by atoms with Gasteiger partial charge in [0.05, 0.1) is 5.02 Å². The smallest absolute Gasteiger partial charge is 0.328 e. The Morgan fingerprint density at radius 2 is 1.86 bits per heavy atom. The molecule has 0 N–H and O–H groups in total. The van der Waals surface area contributed by atoms with Crippen LogP contribution in [0.4, 0.5) is 10.3 Å². The van der Waals surface area contributed by atoms with E-state index in [1.54, 1.807) is 0 Å². The highest BCUT2D eigenvalue weighted by molar-refractivity contribution is 6.32. The van der Waals surface area contributed by atoms with Crippen LogP contribution in [0.5, 0.6) is 11.8 Å². The van der Waals surface area contributed by atoms with Crippen LogP contribution >= 0.6 is 23.2 Å². The Morgan fingerprint density at radius 1 is 1.10 bits per heavy atom. The van der Waals surface area contributed by atoms with Gasteiger partial charge >= 0.3 is 6.01 Å². The normalized spacial score (nSPS) is 14.5. The SMILES string of the molecule is Fc1ccc(Oc2nc(Cl)nc(N3CCCC3)n2)c(Cl)c1. The molecule has 2 heterocycles. The maximum Gasteiger partial charge on any atom is 0.328 e. The van der Waals surface area contributed by atoms with Crippen molar-refractivity contribution in [2.75, 3.05) is 18.0 Å². The lowest BCUT2D eigenvalue weighted by Gasteiger charge is -2.15. The highest BCUT2D eigenvalue weighted by atomic mass is 35.5. The molecule has 0 bridgehead atoms. The van der Waals surface area contributed by atoms with Crippen LogP contribution in [0.15, 0.2) is 18.2 Å². The number of hydrogen-bond donors (Lipinski definition) is 0. The van der Waals surface area contributed by atoms with Gasteiger partial charge in [0, 0.05) is 13.1 Å². The lowest BCUT2D eigenvalue weighted by Crippen LogP contribution is -2.21. The predicted octanol–water partition coefficient (Wildman–Crippen LogP) is 3.71. The summed E-state index contributed by atoms with van der Waals surface area (Å²) in [5, 5.41) is 0.175. The first-order valence-corrected chi connectivity index (χ1v) is 7.17. The van der Waals surface area contributed by atoms with Gasteiger partial charge in [0.25, 0.3) is 0 Å². The molecule has 1 aliphatic heterocycles. The summed E-state index contributed by atoms with van der Waals surface area (Å²) in [4.78, 5) is 14.2. The molecule has 3 rings (SSSR count). The third-order valence-electron chi connectivity index (χ3n) is 3.06. The Bertz CT molecular complexity index is 665. The zero-order chi connectivity index (χ0) is 14.8. The standard InChI is InChI=1S/C13H11Cl2FN4O/c14-9-7-8(16)3-4-10(9)21-13-18-11(15)17-12(19-13)20-5-1-2-6-20/h3-4,7H,1-2,5-6H2. The predicted molar refractivity (Wildman–Crippen MR) is 77.8 cm³/mol. The molecule has 21 heavy (non-hydrogen) atoms. The van der Waals surface area contributed by atoms with Crippen molar-refractivity contribution in [2.45, 2.75) is 12.8 Å². The summed E-state index contributed by atoms with van der Waals surface area (Å²) in [6, 6.07) is 3.84. The van der Waals surface area contributed by atoms with Crippen molar-refractivity contribution in [3.63, 3.8) is 0 Å². The third kappa shape index (κ3) is 3.33. The van der Waals surface area contributed by atoms with E-state index >= 15 is 0 Å². The molecule has 0 radical (unpaired) electrons. The second-order valence-corrected chi connectivity index (χ2v) is 5.30. The van der Waals surface area contributed by atoms with Crippen LogP contribution in [-0.2, 0) is 0 Å². The van der Waals surface area contributed by atoms with Crippen molar-refractivity contribution in [1.82, 2.24) is 15.0 Å². The van der Waals surface area contributed by atoms with Gasteiger partial charge in [-0.15, -0.1) is 0 Å². The third-order valence-corrected chi connectivity index (χ3v) is 3.52. The average molecular weight is 329 g/mol. The van der Waals surface area contributed by atoms with E-state index < -0.39 is 5.82 Å². The number of ether oxygens (including phenoxy) is 1. The highest BCUT2D eigenvalue weighted by Crippen LogP contribution is 2.29. The Kier molecular flexibility index (Phi) is 4.07. The summed E-state index contributed by atoms with van der Waals surface area (Å²) in [7, 11) is 0. The summed E-state index contributed by atoms with van der Waals surface area (Å²) < 4.78 is 18.5. The maximum atomic E-state index is 13.0. The first-order valence-electron chi connectivity index (χ1n) is 6.41. The lowest BCUT2D eigenvalue weighted by atomic mass is 10.3. The minimum atomic E-state index is -0.446. The van der Waals surface area contributed by atoms with E-state index in [0.29, 0.717) is 5.95 Å². The zero-order valence-corrected chi connectivity index (χ0v) is 12.4. The first-order chi connectivity index (χ1) is 10.1. The molecular formula is C13H11Cl2FN4O. The van der Waals surface area contributed by atoms with Gasteiger partial charge in [-0.25, -0.2) is 4.39 Å². The van der Waals surface area contributed by atoms with E-state index in [2.05, 4.69) is 15.0 Å². The zero-order valence-electron chi connectivity index (χ0n) is 10.9. The van der Waals surface area contributed by atoms with Crippen LogP contribution in [0.3, 0.4) is 0 Å². The fraction of sp³-hybridized carbons (Fsp3) is 0.308. The molecule has 110 valence electrons. The minimum absolute atomic E-state index is 0.0328. The quantitative estimate of drug-likeness (QED) is 0.859. The van der Waals surface area contributed by atoms with E-state index in [-0.39, 0.29) is 22.1 Å². The number of rotatable bonds is 3. The molecule has 0 aliphatic carbocycles. The molecular weight excluding hydrogens is 318 g/mol. The molecule has 1 saturated heterocycles. The molecule has 2 aromatic rings. The Labute approximate surface area is 130 Å².